The van der Waals surface area contributed by atoms with Crippen molar-refractivity contribution in [2.45, 2.75) is 44.3 Å². The van der Waals surface area contributed by atoms with Crippen molar-refractivity contribution in [1.29, 1.82) is 0 Å². The summed E-state index contributed by atoms with van der Waals surface area (Å²) < 4.78 is 11.5. The van der Waals surface area contributed by atoms with Crippen molar-refractivity contribution in [3.63, 3.8) is 0 Å². The quantitative estimate of drug-likeness (QED) is 0.351. The van der Waals surface area contributed by atoms with Gasteiger partial charge in [-0.15, -0.1) is 21.5 Å². The average molecular weight is 515 g/mol. The van der Waals surface area contributed by atoms with E-state index < -0.39 is 11.9 Å². The van der Waals surface area contributed by atoms with Crippen LogP contribution in [-0.4, -0.2) is 52.6 Å². The van der Waals surface area contributed by atoms with Gasteiger partial charge in [-0.25, -0.2) is 9.59 Å². The molecular weight excluding hydrogens is 488 g/mol. The lowest BCUT2D eigenvalue weighted by Crippen LogP contribution is -2.18. The number of thioether (sulfide) groups is 1. The van der Waals surface area contributed by atoms with Crippen LogP contribution in [0.25, 0.3) is 11.4 Å². The van der Waals surface area contributed by atoms with Crippen LogP contribution < -0.4 is 5.32 Å². The zero-order valence-electron chi connectivity index (χ0n) is 19.8. The first-order valence-corrected chi connectivity index (χ1v) is 13.1. The van der Waals surface area contributed by atoms with Gasteiger partial charge in [0.05, 0.1) is 36.8 Å². The van der Waals surface area contributed by atoms with E-state index in [0.717, 1.165) is 24.2 Å². The molecule has 0 unspecified atom stereocenters. The number of aromatic nitrogens is 3. The summed E-state index contributed by atoms with van der Waals surface area (Å²) in [5.74, 6) is -0.691. The van der Waals surface area contributed by atoms with E-state index >= 15 is 0 Å². The number of thiophene rings is 1. The van der Waals surface area contributed by atoms with Crippen molar-refractivity contribution < 1.29 is 23.9 Å². The van der Waals surface area contributed by atoms with E-state index in [2.05, 4.69) is 20.9 Å². The number of amides is 1. The van der Waals surface area contributed by atoms with Crippen molar-refractivity contribution in [1.82, 2.24) is 14.8 Å². The summed E-state index contributed by atoms with van der Waals surface area (Å²) in [7, 11) is 2.51. The average Bonchev–Trinajstić information content (AvgIpc) is 3.49. The van der Waals surface area contributed by atoms with Gasteiger partial charge in [-0.2, -0.15) is 0 Å². The second-order valence-electron chi connectivity index (χ2n) is 7.89. The summed E-state index contributed by atoms with van der Waals surface area (Å²) in [6, 6.07) is 4.26. The Morgan fingerprint density at radius 1 is 1.11 bits per heavy atom. The Morgan fingerprint density at radius 3 is 2.63 bits per heavy atom. The van der Waals surface area contributed by atoms with E-state index in [1.54, 1.807) is 11.3 Å². The molecule has 1 aromatic carbocycles. The summed E-state index contributed by atoms with van der Waals surface area (Å²) >= 11 is 3.04. The molecule has 0 saturated heterocycles. The van der Waals surface area contributed by atoms with Gasteiger partial charge in [-0.3, -0.25) is 4.79 Å². The highest BCUT2D eigenvalue weighted by molar-refractivity contribution is 7.99. The molecule has 1 amide bonds. The zero-order valence-corrected chi connectivity index (χ0v) is 21.4. The highest BCUT2D eigenvalue weighted by Gasteiger charge is 2.23. The fourth-order valence-corrected chi connectivity index (χ4v) is 5.98. The molecule has 11 heteroatoms. The van der Waals surface area contributed by atoms with E-state index in [1.165, 1.54) is 67.5 Å². The number of aryl methyl sites for hydroxylation is 1. The topological polar surface area (TPSA) is 112 Å². The number of benzene rings is 1. The number of fused-ring (bicyclic) bond motifs is 1. The van der Waals surface area contributed by atoms with Gasteiger partial charge >= 0.3 is 11.9 Å². The van der Waals surface area contributed by atoms with Crippen molar-refractivity contribution in [3.05, 3.63) is 45.1 Å². The summed E-state index contributed by atoms with van der Waals surface area (Å²) in [6.45, 7) is 2.70. The molecule has 35 heavy (non-hydrogen) atoms. The summed E-state index contributed by atoms with van der Waals surface area (Å²) in [6.07, 6.45) is 4.59. The molecule has 2 aromatic heterocycles. The summed E-state index contributed by atoms with van der Waals surface area (Å²) in [5, 5.41) is 14.3. The monoisotopic (exact) mass is 514 g/mol. The van der Waals surface area contributed by atoms with Crippen LogP contribution in [-0.2, 0) is 33.7 Å². The van der Waals surface area contributed by atoms with Gasteiger partial charge in [0.1, 0.15) is 0 Å². The summed E-state index contributed by atoms with van der Waals surface area (Å²) in [5.41, 5.74) is 3.03. The number of nitrogens with one attached hydrogen (secondary N) is 1. The maximum atomic E-state index is 12.8. The van der Waals surface area contributed by atoms with Crippen LogP contribution in [0.5, 0.6) is 0 Å². The number of carbonyl (C=O) groups is 3. The molecule has 0 spiro atoms. The number of anilines is 1. The smallest absolute Gasteiger partial charge is 0.339 e. The molecule has 2 heterocycles. The Kier molecular flexibility index (Phi) is 7.86. The number of hydrogen-bond donors (Lipinski definition) is 1. The molecule has 4 rings (SSSR count). The number of ether oxygens (including phenoxy) is 2. The van der Waals surface area contributed by atoms with E-state index in [0.29, 0.717) is 11.7 Å². The minimum absolute atomic E-state index is 0.0446. The minimum atomic E-state index is -0.626. The molecule has 0 atom stereocenters. The van der Waals surface area contributed by atoms with Gasteiger partial charge in [0.15, 0.2) is 11.0 Å². The second-order valence-corrected chi connectivity index (χ2v) is 9.80. The third-order valence-electron chi connectivity index (χ3n) is 5.79. The van der Waals surface area contributed by atoms with Gasteiger partial charge in [0.25, 0.3) is 0 Å². The van der Waals surface area contributed by atoms with Crippen molar-refractivity contribution >= 4 is 46.6 Å². The molecule has 0 aliphatic heterocycles. The first kappa shape index (κ1) is 24.9. The number of nitrogens with zero attached hydrogens (tertiary/aromatic N) is 3. The van der Waals surface area contributed by atoms with Gasteiger partial charge in [-0.05, 0) is 56.4 Å². The zero-order chi connectivity index (χ0) is 24.9. The highest BCUT2D eigenvalue weighted by atomic mass is 32.2. The van der Waals surface area contributed by atoms with Crippen LogP contribution in [0.3, 0.4) is 0 Å². The first-order valence-electron chi connectivity index (χ1n) is 11.2. The molecular formula is C24H26N4O5S2. The van der Waals surface area contributed by atoms with Gasteiger partial charge in [0.2, 0.25) is 5.91 Å². The lowest BCUT2D eigenvalue weighted by molar-refractivity contribution is -0.113. The molecule has 1 aliphatic rings. The molecule has 0 fully saturated rings. The van der Waals surface area contributed by atoms with Crippen LogP contribution in [0, 0.1) is 0 Å². The molecule has 0 bridgehead atoms. The first-order chi connectivity index (χ1) is 17.0. The van der Waals surface area contributed by atoms with Gasteiger partial charge in [-0.1, -0.05) is 11.8 Å². The third kappa shape index (κ3) is 5.25. The predicted molar refractivity (Wildman–Crippen MR) is 134 cm³/mol. The van der Waals surface area contributed by atoms with Gasteiger partial charge < -0.3 is 19.4 Å². The lowest BCUT2D eigenvalue weighted by atomic mass is 9.96. The van der Waals surface area contributed by atoms with E-state index in [-0.39, 0.29) is 28.5 Å². The van der Waals surface area contributed by atoms with Crippen LogP contribution in [0.15, 0.2) is 28.7 Å². The predicted octanol–water partition coefficient (Wildman–Crippen LogP) is 4.21. The van der Waals surface area contributed by atoms with Crippen molar-refractivity contribution in [2.24, 2.45) is 0 Å². The van der Waals surface area contributed by atoms with Crippen molar-refractivity contribution in [3.8, 4) is 11.4 Å². The number of rotatable bonds is 8. The molecule has 9 nitrogen and oxygen atoms in total. The Bertz CT molecular complexity index is 1270. The number of esters is 2. The maximum Gasteiger partial charge on any atom is 0.339 e. The Morgan fingerprint density at radius 2 is 1.89 bits per heavy atom. The minimum Gasteiger partial charge on any atom is -0.465 e. The maximum absolute atomic E-state index is 12.8. The van der Waals surface area contributed by atoms with Crippen LogP contribution in [0.2, 0.25) is 0 Å². The number of carbonyl (C=O) groups excluding carboxylic acids is 3. The SMILES string of the molecule is CCn1c(SCC(=O)Nc2cc(C(=O)OC)ccc2C(=O)OC)nnc1-c1csc2c1CCCC2. The lowest BCUT2D eigenvalue weighted by Gasteiger charge is -2.13. The van der Waals surface area contributed by atoms with Crippen LogP contribution in [0.4, 0.5) is 5.69 Å². The largest absolute Gasteiger partial charge is 0.465 e. The molecule has 0 saturated carbocycles. The van der Waals surface area contributed by atoms with Crippen LogP contribution >= 0.6 is 23.1 Å². The Balaban J connectivity index is 1.50. The highest BCUT2D eigenvalue weighted by Crippen LogP contribution is 2.36. The van der Waals surface area contributed by atoms with E-state index in [9.17, 15) is 14.4 Å². The second kappa shape index (κ2) is 11.0. The Hall–Kier alpha value is -3.18. The standard InChI is InChI=1S/C24H26N4O5S2/c1-4-28-21(17-12-34-19-8-6-5-7-15(17)19)26-27-24(28)35-13-20(29)25-18-11-14(22(30)32-2)9-10-16(18)23(31)33-3/h9-12H,4-8,13H2,1-3H3,(H,25,29). The number of hydrogen-bond acceptors (Lipinski definition) is 9. The molecule has 3 aromatic rings. The molecule has 1 N–H and O–H groups in total. The fraction of sp³-hybridized carbons (Fsp3) is 0.375. The molecule has 1 aliphatic carbocycles. The van der Waals surface area contributed by atoms with Crippen molar-refractivity contribution in [2.75, 3.05) is 25.3 Å². The summed E-state index contributed by atoms with van der Waals surface area (Å²) in [4.78, 5) is 38.2. The van der Waals surface area contributed by atoms with Crippen LogP contribution in [0.1, 0.15) is 50.9 Å². The molecule has 184 valence electrons. The normalized spacial score (nSPS) is 12.7. The van der Waals surface area contributed by atoms with E-state index in [4.69, 9.17) is 9.47 Å². The van der Waals surface area contributed by atoms with Gasteiger partial charge in [0, 0.05) is 22.4 Å². The van der Waals surface area contributed by atoms with E-state index in [1.807, 2.05) is 11.5 Å². The molecule has 0 radical (unpaired) electrons. The Labute approximate surface area is 211 Å². The third-order valence-corrected chi connectivity index (χ3v) is 7.84. The fourth-order valence-electron chi connectivity index (χ4n) is 4.06. The number of methoxy groups -OCH3 is 2.